The van der Waals surface area contributed by atoms with E-state index >= 15 is 0 Å². The predicted molar refractivity (Wildman–Crippen MR) is 67.4 cm³/mol. The fourth-order valence-corrected chi connectivity index (χ4v) is 1.81. The average molecular weight is 245 g/mol. The minimum absolute atomic E-state index is 0.169. The maximum atomic E-state index is 11.0. The molecule has 1 amide bonds. The highest BCUT2D eigenvalue weighted by Crippen LogP contribution is 2.17. The first-order valence-electron chi connectivity index (χ1n) is 5.06. The van der Waals surface area contributed by atoms with Crippen LogP contribution in [0.5, 0.6) is 0 Å². The van der Waals surface area contributed by atoms with Crippen LogP contribution in [0.2, 0.25) is 0 Å². The van der Waals surface area contributed by atoms with Gasteiger partial charge in [0.15, 0.2) is 0 Å². The third kappa shape index (κ3) is 2.98. The van der Waals surface area contributed by atoms with Crippen LogP contribution in [0.3, 0.4) is 0 Å². The van der Waals surface area contributed by atoms with E-state index in [4.69, 9.17) is 0 Å². The molecule has 1 aromatic carbocycles. The van der Waals surface area contributed by atoms with E-state index < -0.39 is 0 Å². The van der Waals surface area contributed by atoms with E-state index in [2.05, 4.69) is 21.5 Å². The number of aromatic nitrogens is 2. The molecule has 0 aliphatic carbocycles. The van der Waals surface area contributed by atoms with Crippen LogP contribution in [0.15, 0.2) is 42.3 Å². The molecule has 0 aliphatic rings. The quantitative estimate of drug-likeness (QED) is 0.838. The summed E-state index contributed by atoms with van der Waals surface area (Å²) in [6, 6.07) is 7.84. The van der Waals surface area contributed by atoms with Gasteiger partial charge in [-0.2, -0.15) is 0 Å². The van der Waals surface area contributed by atoms with E-state index in [0.717, 1.165) is 16.8 Å². The highest BCUT2D eigenvalue weighted by Gasteiger charge is 2.01. The van der Waals surface area contributed by atoms with E-state index in [0.29, 0.717) is 6.54 Å². The lowest BCUT2D eigenvalue weighted by atomic mass is 10.1. The van der Waals surface area contributed by atoms with Crippen LogP contribution >= 0.6 is 11.5 Å². The largest absolute Gasteiger partial charge is 0.348 e. The Bertz CT molecular complexity index is 505. The topological polar surface area (TPSA) is 54.9 Å². The Morgan fingerprint density at radius 1 is 1.41 bits per heavy atom. The normalized spacial score (nSPS) is 9.88. The fourth-order valence-electron chi connectivity index (χ4n) is 1.35. The predicted octanol–water partition coefficient (Wildman–Crippen LogP) is 2.01. The van der Waals surface area contributed by atoms with Crippen molar-refractivity contribution in [1.82, 2.24) is 14.9 Å². The molecule has 0 fully saturated rings. The zero-order valence-corrected chi connectivity index (χ0v) is 9.91. The first-order chi connectivity index (χ1) is 8.29. The van der Waals surface area contributed by atoms with Crippen molar-refractivity contribution in [3.63, 3.8) is 0 Å². The molecule has 2 aromatic rings. The maximum Gasteiger partial charge on any atom is 0.243 e. The third-order valence-electron chi connectivity index (χ3n) is 2.26. The van der Waals surface area contributed by atoms with Crippen molar-refractivity contribution in [1.29, 1.82) is 0 Å². The van der Waals surface area contributed by atoms with E-state index in [1.807, 2.05) is 29.6 Å². The van der Waals surface area contributed by atoms with Gasteiger partial charge in [-0.25, -0.2) is 0 Å². The van der Waals surface area contributed by atoms with Crippen LogP contribution in [0.1, 0.15) is 5.56 Å². The van der Waals surface area contributed by atoms with Crippen LogP contribution in [0.4, 0.5) is 0 Å². The lowest BCUT2D eigenvalue weighted by Crippen LogP contribution is -2.19. The second kappa shape index (κ2) is 5.36. The second-order valence-corrected chi connectivity index (χ2v) is 4.02. The highest BCUT2D eigenvalue weighted by molar-refractivity contribution is 7.03. The average Bonchev–Trinajstić information content (AvgIpc) is 2.90. The van der Waals surface area contributed by atoms with Gasteiger partial charge in [0.25, 0.3) is 0 Å². The van der Waals surface area contributed by atoms with E-state index in [-0.39, 0.29) is 5.91 Å². The molecule has 0 aliphatic heterocycles. The Morgan fingerprint density at radius 3 is 2.76 bits per heavy atom. The van der Waals surface area contributed by atoms with Gasteiger partial charge >= 0.3 is 0 Å². The number of rotatable bonds is 4. The zero-order valence-electron chi connectivity index (χ0n) is 9.09. The molecule has 1 aromatic heterocycles. The SMILES string of the molecule is C=CC(=O)NCc1ccc(-c2csnn2)cc1. The lowest BCUT2D eigenvalue weighted by molar-refractivity contribution is -0.116. The number of nitrogens with one attached hydrogen (secondary N) is 1. The minimum atomic E-state index is -0.169. The van der Waals surface area contributed by atoms with Crippen LogP contribution in [0, 0.1) is 0 Å². The van der Waals surface area contributed by atoms with Gasteiger partial charge in [0.05, 0.1) is 0 Å². The molecule has 0 radical (unpaired) electrons. The van der Waals surface area contributed by atoms with Crippen LogP contribution in [0.25, 0.3) is 11.3 Å². The number of nitrogens with zero attached hydrogens (tertiary/aromatic N) is 2. The summed E-state index contributed by atoms with van der Waals surface area (Å²) in [5, 5.41) is 8.61. The smallest absolute Gasteiger partial charge is 0.243 e. The third-order valence-corrected chi connectivity index (χ3v) is 2.77. The van der Waals surface area contributed by atoms with Gasteiger partial charge in [-0.15, -0.1) is 5.10 Å². The second-order valence-electron chi connectivity index (χ2n) is 3.41. The van der Waals surface area contributed by atoms with Crippen molar-refractivity contribution < 1.29 is 4.79 Å². The summed E-state index contributed by atoms with van der Waals surface area (Å²) in [5.41, 5.74) is 2.93. The molecule has 0 saturated heterocycles. The Balaban J connectivity index is 2.03. The number of hydrogen-bond acceptors (Lipinski definition) is 4. The first kappa shape index (κ1) is 11.5. The molecular weight excluding hydrogens is 234 g/mol. The number of carbonyl (C=O) groups excluding carboxylic acids is 1. The molecule has 1 heterocycles. The molecule has 2 rings (SSSR count). The van der Waals surface area contributed by atoms with Gasteiger partial charge in [0.2, 0.25) is 5.91 Å². The first-order valence-corrected chi connectivity index (χ1v) is 5.90. The molecule has 0 spiro atoms. The monoisotopic (exact) mass is 245 g/mol. The maximum absolute atomic E-state index is 11.0. The molecule has 5 heteroatoms. The molecular formula is C12H11N3OS. The van der Waals surface area contributed by atoms with Gasteiger partial charge in [-0.05, 0) is 23.2 Å². The van der Waals surface area contributed by atoms with Crippen molar-refractivity contribution in [2.75, 3.05) is 0 Å². The summed E-state index contributed by atoms with van der Waals surface area (Å²) in [5.74, 6) is -0.169. The highest BCUT2D eigenvalue weighted by atomic mass is 32.1. The summed E-state index contributed by atoms with van der Waals surface area (Å²) in [4.78, 5) is 11.0. The van der Waals surface area contributed by atoms with E-state index in [1.54, 1.807) is 0 Å². The zero-order chi connectivity index (χ0) is 12.1. The summed E-state index contributed by atoms with van der Waals surface area (Å²) in [6.45, 7) is 3.90. The molecule has 1 N–H and O–H groups in total. The number of amides is 1. The molecule has 4 nitrogen and oxygen atoms in total. The summed E-state index contributed by atoms with van der Waals surface area (Å²) in [6.07, 6.45) is 1.26. The van der Waals surface area contributed by atoms with Crippen LogP contribution in [-0.4, -0.2) is 15.5 Å². The number of hydrogen-bond donors (Lipinski definition) is 1. The molecule has 0 bridgehead atoms. The molecule has 0 atom stereocenters. The molecule has 86 valence electrons. The Morgan fingerprint density at radius 2 is 2.18 bits per heavy atom. The van der Waals surface area contributed by atoms with Gasteiger partial charge in [0, 0.05) is 17.5 Å². The molecule has 17 heavy (non-hydrogen) atoms. The Hall–Kier alpha value is -2.01. The fraction of sp³-hybridized carbons (Fsp3) is 0.0833. The van der Waals surface area contributed by atoms with Gasteiger partial charge in [-0.1, -0.05) is 35.3 Å². The summed E-state index contributed by atoms with van der Waals surface area (Å²) >= 11 is 1.33. The minimum Gasteiger partial charge on any atom is -0.348 e. The van der Waals surface area contributed by atoms with Crippen molar-refractivity contribution in [2.45, 2.75) is 6.54 Å². The van der Waals surface area contributed by atoms with E-state index in [1.165, 1.54) is 17.6 Å². The summed E-state index contributed by atoms with van der Waals surface area (Å²) < 4.78 is 3.82. The number of benzene rings is 1. The molecule has 0 saturated carbocycles. The Labute approximate surface area is 103 Å². The van der Waals surface area contributed by atoms with E-state index in [9.17, 15) is 4.79 Å². The van der Waals surface area contributed by atoms with Crippen molar-refractivity contribution in [2.24, 2.45) is 0 Å². The van der Waals surface area contributed by atoms with Crippen molar-refractivity contribution in [3.05, 3.63) is 47.9 Å². The lowest BCUT2D eigenvalue weighted by Gasteiger charge is -2.03. The van der Waals surface area contributed by atoms with Crippen molar-refractivity contribution in [3.8, 4) is 11.3 Å². The van der Waals surface area contributed by atoms with Crippen LogP contribution < -0.4 is 5.32 Å². The summed E-state index contributed by atoms with van der Waals surface area (Å²) in [7, 11) is 0. The van der Waals surface area contributed by atoms with Gasteiger partial charge in [0.1, 0.15) is 5.69 Å². The van der Waals surface area contributed by atoms with Gasteiger partial charge in [-0.3, -0.25) is 4.79 Å². The Kier molecular flexibility index (Phi) is 3.62. The molecule has 0 unspecified atom stereocenters. The number of carbonyl (C=O) groups is 1. The van der Waals surface area contributed by atoms with Crippen molar-refractivity contribution >= 4 is 17.4 Å². The standard InChI is InChI=1S/C12H11N3OS/c1-2-12(16)13-7-9-3-5-10(6-4-9)11-8-17-15-14-11/h2-6,8H,1,7H2,(H,13,16). The van der Waals surface area contributed by atoms with Crippen LogP contribution in [-0.2, 0) is 11.3 Å². The van der Waals surface area contributed by atoms with Gasteiger partial charge < -0.3 is 5.32 Å².